The molecule has 0 aromatic heterocycles. The number of ether oxygens (including phenoxy) is 1. The van der Waals surface area contributed by atoms with Gasteiger partial charge in [-0.3, -0.25) is 14.9 Å². The predicted molar refractivity (Wildman–Crippen MR) is 80.7 cm³/mol. The smallest absolute Gasteiger partial charge is 0.323 e. The van der Waals surface area contributed by atoms with Crippen molar-refractivity contribution in [1.29, 1.82) is 0 Å². The largest absolute Gasteiger partial charge is 0.460 e. The van der Waals surface area contributed by atoms with E-state index < -0.39 is 16.9 Å². The third-order valence-corrected chi connectivity index (χ3v) is 2.56. The number of hydrogen-bond donors (Lipinski definition) is 1. The molecule has 0 radical (unpaired) electrons. The SMILES string of the molecule is CC(C)C[C@H](N)C(=O)OCc1ccc([N+](=O)[O-])cc1.S. The number of rotatable bonds is 6. The van der Waals surface area contributed by atoms with Crippen LogP contribution in [0.2, 0.25) is 0 Å². The molecular weight excluding hydrogens is 280 g/mol. The van der Waals surface area contributed by atoms with Gasteiger partial charge in [-0.1, -0.05) is 13.8 Å². The van der Waals surface area contributed by atoms with Gasteiger partial charge in [0.1, 0.15) is 12.6 Å². The molecule has 112 valence electrons. The molecule has 1 atom stereocenters. The molecule has 0 spiro atoms. The minimum absolute atomic E-state index is 0. The van der Waals surface area contributed by atoms with Crippen LogP contribution in [0.15, 0.2) is 24.3 Å². The van der Waals surface area contributed by atoms with E-state index in [2.05, 4.69) is 0 Å². The Morgan fingerprint density at radius 1 is 1.35 bits per heavy atom. The van der Waals surface area contributed by atoms with Crippen molar-refractivity contribution in [3.05, 3.63) is 39.9 Å². The van der Waals surface area contributed by atoms with Crippen molar-refractivity contribution in [1.82, 2.24) is 0 Å². The quantitative estimate of drug-likeness (QED) is 0.493. The minimum atomic E-state index is -0.627. The van der Waals surface area contributed by atoms with Crippen LogP contribution in [0.1, 0.15) is 25.8 Å². The van der Waals surface area contributed by atoms with Gasteiger partial charge in [0.15, 0.2) is 0 Å². The number of nitrogens with two attached hydrogens (primary N) is 1. The number of non-ortho nitro benzene ring substituents is 1. The Labute approximate surface area is 124 Å². The van der Waals surface area contributed by atoms with Crippen LogP contribution < -0.4 is 5.73 Å². The molecule has 1 aromatic carbocycles. The zero-order chi connectivity index (χ0) is 14.4. The molecule has 20 heavy (non-hydrogen) atoms. The Kier molecular flexibility index (Phi) is 7.86. The Bertz CT molecular complexity index is 448. The van der Waals surface area contributed by atoms with Gasteiger partial charge in [-0.25, -0.2) is 0 Å². The summed E-state index contributed by atoms with van der Waals surface area (Å²) >= 11 is 0. The molecule has 0 bridgehead atoms. The molecule has 0 unspecified atom stereocenters. The van der Waals surface area contributed by atoms with Crippen molar-refractivity contribution in [3.8, 4) is 0 Å². The maximum atomic E-state index is 11.6. The van der Waals surface area contributed by atoms with Gasteiger partial charge < -0.3 is 10.5 Å². The van der Waals surface area contributed by atoms with E-state index in [0.29, 0.717) is 17.9 Å². The van der Waals surface area contributed by atoms with Crippen LogP contribution in [-0.2, 0) is 16.1 Å². The standard InChI is InChI=1S/C13H18N2O4.H2S/c1-9(2)7-12(14)13(16)19-8-10-3-5-11(6-4-10)15(17)18;/h3-6,9,12H,7-8,14H2,1-2H3;1H2/t12-;/m0./s1. The van der Waals surface area contributed by atoms with Crippen molar-refractivity contribution in [2.75, 3.05) is 0 Å². The first kappa shape index (κ1) is 18.4. The molecule has 0 saturated carbocycles. The zero-order valence-electron chi connectivity index (χ0n) is 11.5. The van der Waals surface area contributed by atoms with Crippen molar-refractivity contribution < 1.29 is 14.5 Å². The summed E-state index contributed by atoms with van der Waals surface area (Å²) in [5, 5.41) is 10.5. The fourth-order valence-corrected chi connectivity index (χ4v) is 1.58. The first-order chi connectivity index (χ1) is 8.90. The zero-order valence-corrected chi connectivity index (χ0v) is 12.5. The number of esters is 1. The summed E-state index contributed by atoms with van der Waals surface area (Å²) in [6.07, 6.45) is 0.569. The molecule has 0 fully saturated rings. The molecule has 0 aliphatic carbocycles. The van der Waals surface area contributed by atoms with E-state index >= 15 is 0 Å². The van der Waals surface area contributed by atoms with Gasteiger partial charge in [-0.05, 0) is 30.0 Å². The molecule has 0 amide bonds. The number of carbonyl (C=O) groups is 1. The lowest BCUT2D eigenvalue weighted by Crippen LogP contribution is -2.33. The molecule has 1 rings (SSSR count). The van der Waals surface area contributed by atoms with E-state index in [1.54, 1.807) is 12.1 Å². The van der Waals surface area contributed by atoms with E-state index in [9.17, 15) is 14.9 Å². The number of nitro groups is 1. The predicted octanol–water partition coefficient (Wildman–Crippen LogP) is 2.12. The summed E-state index contributed by atoms with van der Waals surface area (Å²) in [7, 11) is 0. The van der Waals surface area contributed by atoms with Crippen LogP contribution in [0, 0.1) is 16.0 Å². The third kappa shape index (κ3) is 6.03. The van der Waals surface area contributed by atoms with Crippen molar-refractivity contribution in [2.24, 2.45) is 11.7 Å². The van der Waals surface area contributed by atoms with Crippen LogP contribution in [-0.4, -0.2) is 16.9 Å². The number of carbonyl (C=O) groups excluding carboxylic acids is 1. The highest BCUT2D eigenvalue weighted by atomic mass is 32.1. The molecule has 7 heteroatoms. The topological polar surface area (TPSA) is 95.5 Å². The first-order valence-electron chi connectivity index (χ1n) is 6.05. The number of hydrogen-bond acceptors (Lipinski definition) is 5. The van der Waals surface area contributed by atoms with Crippen LogP contribution in [0.5, 0.6) is 0 Å². The van der Waals surface area contributed by atoms with Gasteiger partial charge in [0.2, 0.25) is 0 Å². The second-order valence-electron chi connectivity index (χ2n) is 4.77. The summed E-state index contributed by atoms with van der Waals surface area (Å²) < 4.78 is 5.06. The fraction of sp³-hybridized carbons (Fsp3) is 0.462. The lowest BCUT2D eigenvalue weighted by molar-refractivity contribution is -0.384. The van der Waals surface area contributed by atoms with Crippen molar-refractivity contribution in [2.45, 2.75) is 32.9 Å². The Hall–Kier alpha value is -1.60. The molecule has 0 aliphatic heterocycles. The maximum absolute atomic E-state index is 11.6. The molecule has 2 N–H and O–H groups in total. The van der Waals surface area contributed by atoms with Crippen LogP contribution in [0.3, 0.4) is 0 Å². The minimum Gasteiger partial charge on any atom is -0.460 e. The number of benzene rings is 1. The van der Waals surface area contributed by atoms with E-state index in [-0.39, 0.29) is 25.8 Å². The van der Waals surface area contributed by atoms with Gasteiger partial charge in [0.25, 0.3) is 5.69 Å². The number of nitrogens with zero attached hydrogens (tertiary/aromatic N) is 1. The van der Waals surface area contributed by atoms with Crippen LogP contribution >= 0.6 is 13.5 Å². The summed E-state index contributed by atoms with van der Waals surface area (Å²) in [6, 6.07) is 5.23. The first-order valence-corrected chi connectivity index (χ1v) is 6.05. The molecule has 0 saturated heterocycles. The highest BCUT2D eigenvalue weighted by Crippen LogP contribution is 2.13. The Morgan fingerprint density at radius 3 is 2.35 bits per heavy atom. The monoisotopic (exact) mass is 300 g/mol. The summed E-state index contributed by atoms with van der Waals surface area (Å²) in [5.74, 6) is -0.131. The number of nitro benzene ring substituents is 1. The van der Waals surface area contributed by atoms with Crippen LogP contribution in [0.4, 0.5) is 5.69 Å². The normalized spacial score (nSPS) is 11.6. The summed E-state index contributed by atoms with van der Waals surface area (Å²) in [5.41, 5.74) is 6.38. The molecule has 0 heterocycles. The maximum Gasteiger partial charge on any atom is 0.323 e. The van der Waals surface area contributed by atoms with Gasteiger partial charge in [-0.15, -0.1) is 0 Å². The molecule has 6 nitrogen and oxygen atoms in total. The average Bonchev–Trinajstić information content (AvgIpc) is 2.35. The Morgan fingerprint density at radius 2 is 1.90 bits per heavy atom. The molecule has 0 aliphatic rings. The summed E-state index contributed by atoms with van der Waals surface area (Å²) in [6.45, 7) is 4.02. The van der Waals surface area contributed by atoms with Gasteiger partial charge in [-0.2, -0.15) is 13.5 Å². The highest BCUT2D eigenvalue weighted by Gasteiger charge is 2.16. The highest BCUT2D eigenvalue weighted by molar-refractivity contribution is 7.59. The second kappa shape index (κ2) is 8.55. The van der Waals surface area contributed by atoms with Crippen molar-refractivity contribution in [3.63, 3.8) is 0 Å². The second-order valence-corrected chi connectivity index (χ2v) is 4.77. The third-order valence-electron chi connectivity index (χ3n) is 2.56. The average molecular weight is 300 g/mol. The molecular formula is C13H20N2O4S. The van der Waals surface area contributed by atoms with E-state index in [1.165, 1.54) is 12.1 Å². The van der Waals surface area contributed by atoms with Gasteiger partial charge >= 0.3 is 5.97 Å². The van der Waals surface area contributed by atoms with Gasteiger partial charge in [0, 0.05) is 12.1 Å². The lowest BCUT2D eigenvalue weighted by atomic mass is 10.1. The van der Waals surface area contributed by atoms with E-state index in [4.69, 9.17) is 10.5 Å². The van der Waals surface area contributed by atoms with E-state index in [0.717, 1.165) is 0 Å². The van der Waals surface area contributed by atoms with Crippen LogP contribution in [0.25, 0.3) is 0 Å². The van der Waals surface area contributed by atoms with Crippen molar-refractivity contribution >= 4 is 25.2 Å². The fourth-order valence-electron chi connectivity index (χ4n) is 1.58. The molecule has 1 aromatic rings. The lowest BCUT2D eigenvalue weighted by Gasteiger charge is -2.13. The summed E-state index contributed by atoms with van der Waals surface area (Å²) in [4.78, 5) is 21.6. The van der Waals surface area contributed by atoms with E-state index in [1.807, 2.05) is 13.8 Å². The Balaban J connectivity index is 0.00000361. The van der Waals surface area contributed by atoms with Gasteiger partial charge in [0.05, 0.1) is 4.92 Å².